The fourth-order valence-electron chi connectivity index (χ4n) is 1.28. The van der Waals surface area contributed by atoms with E-state index in [1.54, 1.807) is 13.8 Å². The van der Waals surface area contributed by atoms with Crippen molar-refractivity contribution in [2.75, 3.05) is 0 Å². The van der Waals surface area contributed by atoms with Gasteiger partial charge in [0.1, 0.15) is 13.2 Å². The molecule has 4 nitrogen and oxygen atoms in total. The van der Waals surface area contributed by atoms with E-state index in [9.17, 15) is 9.59 Å². The second-order valence-electron chi connectivity index (χ2n) is 4.53. The van der Waals surface area contributed by atoms with Gasteiger partial charge in [0.15, 0.2) is 0 Å². The Hall–Kier alpha value is -2.36. The summed E-state index contributed by atoms with van der Waals surface area (Å²) in [5, 5.41) is 0. The third-order valence-corrected chi connectivity index (χ3v) is 2.46. The molecule has 1 aromatic carbocycles. The zero-order chi connectivity index (χ0) is 15.1. The van der Waals surface area contributed by atoms with E-state index in [-0.39, 0.29) is 13.2 Å². The Bertz CT molecular complexity index is 477. The van der Waals surface area contributed by atoms with Crippen LogP contribution in [0, 0.1) is 0 Å². The summed E-state index contributed by atoms with van der Waals surface area (Å²) in [5.74, 6) is -0.825. The Balaban J connectivity index is 2.48. The second-order valence-corrected chi connectivity index (χ2v) is 4.53. The lowest BCUT2D eigenvalue weighted by atomic mass is 10.1. The van der Waals surface area contributed by atoms with Crippen LogP contribution in [0.15, 0.2) is 48.6 Å². The molecule has 0 saturated heterocycles. The number of hydrogen-bond acceptors (Lipinski definition) is 4. The maximum absolute atomic E-state index is 11.2. The third-order valence-electron chi connectivity index (χ3n) is 2.46. The topological polar surface area (TPSA) is 52.6 Å². The number of rotatable bonds is 6. The van der Waals surface area contributed by atoms with Crippen molar-refractivity contribution in [3.05, 3.63) is 59.7 Å². The molecule has 4 heteroatoms. The predicted octanol–water partition coefficient (Wildman–Crippen LogP) is 2.93. The second kappa shape index (κ2) is 7.28. The first-order valence-corrected chi connectivity index (χ1v) is 6.13. The fraction of sp³-hybridized carbons (Fsp3) is 0.250. The highest BCUT2D eigenvalue weighted by molar-refractivity contribution is 5.87. The molecule has 0 unspecified atom stereocenters. The molecule has 1 aromatic rings. The van der Waals surface area contributed by atoms with Crippen molar-refractivity contribution >= 4 is 11.9 Å². The fourth-order valence-corrected chi connectivity index (χ4v) is 1.28. The molecule has 0 atom stereocenters. The first-order valence-electron chi connectivity index (χ1n) is 6.13. The van der Waals surface area contributed by atoms with Crippen molar-refractivity contribution in [1.82, 2.24) is 0 Å². The lowest BCUT2D eigenvalue weighted by molar-refractivity contribution is -0.141. The zero-order valence-electron chi connectivity index (χ0n) is 11.8. The van der Waals surface area contributed by atoms with Gasteiger partial charge >= 0.3 is 11.9 Å². The van der Waals surface area contributed by atoms with Gasteiger partial charge in [0.25, 0.3) is 0 Å². The molecule has 106 valence electrons. The van der Waals surface area contributed by atoms with E-state index in [4.69, 9.17) is 9.47 Å². The van der Waals surface area contributed by atoms with Crippen LogP contribution in [0.4, 0.5) is 0 Å². The number of benzene rings is 1. The van der Waals surface area contributed by atoms with Gasteiger partial charge in [-0.05, 0) is 25.0 Å². The number of carbonyl (C=O) groups excluding carboxylic acids is 2. The Labute approximate surface area is 118 Å². The predicted molar refractivity (Wildman–Crippen MR) is 75.7 cm³/mol. The summed E-state index contributed by atoms with van der Waals surface area (Å²) < 4.78 is 10.0. The van der Waals surface area contributed by atoms with Gasteiger partial charge in [-0.25, -0.2) is 9.59 Å². The van der Waals surface area contributed by atoms with E-state index in [1.165, 1.54) is 0 Å². The van der Waals surface area contributed by atoms with Gasteiger partial charge < -0.3 is 9.47 Å². The molecule has 0 aliphatic heterocycles. The SMILES string of the molecule is C=C(C)C(=O)OCc1ccc(COC(=O)C(=C)C)cc1. The molecule has 20 heavy (non-hydrogen) atoms. The quantitative estimate of drug-likeness (QED) is 0.591. The van der Waals surface area contributed by atoms with Gasteiger partial charge in [0.2, 0.25) is 0 Å². The maximum atomic E-state index is 11.2. The number of esters is 2. The van der Waals surface area contributed by atoms with Gasteiger partial charge in [-0.15, -0.1) is 0 Å². The summed E-state index contributed by atoms with van der Waals surface area (Å²) in [6, 6.07) is 7.26. The smallest absolute Gasteiger partial charge is 0.333 e. The molecule has 0 heterocycles. The zero-order valence-corrected chi connectivity index (χ0v) is 11.8. The number of carbonyl (C=O) groups is 2. The molecule has 0 fully saturated rings. The van der Waals surface area contributed by atoms with E-state index in [0.717, 1.165) is 11.1 Å². The first-order chi connectivity index (χ1) is 9.40. The van der Waals surface area contributed by atoms with Crippen LogP contribution in [0.2, 0.25) is 0 Å². The van der Waals surface area contributed by atoms with Crippen LogP contribution < -0.4 is 0 Å². The van der Waals surface area contributed by atoms with Crippen molar-refractivity contribution in [2.24, 2.45) is 0 Å². The van der Waals surface area contributed by atoms with Gasteiger partial charge in [0, 0.05) is 11.1 Å². The van der Waals surface area contributed by atoms with E-state index in [0.29, 0.717) is 11.1 Å². The molecule has 0 radical (unpaired) electrons. The molecule has 0 saturated carbocycles. The van der Waals surface area contributed by atoms with Crippen LogP contribution in [-0.4, -0.2) is 11.9 Å². The van der Waals surface area contributed by atoms with Crippen LogP contribution in [0.5, 0.6) is 0 Å². The summed E-state index contributed by atoms with van der Waals surface area (Å²) in [4.78, 5) is 22.5. The Morgan fingerprint density at radius 2 is 1.15 bits per heavy atom. The van der Waals surface area contributed by atoms with Gasteiger partial charge in [0.05, 0.1) is 0 Å². The average Bonchev–Trinajstić information content (AvgIpc) is 2.42. The Kier molecular flexibility index (Phi) is 5.72. The van der Waals surface area contributed by atoms with E-state index in [1.807, 2.05) is 24.3 Å². The highest BCUT2D eigenvalue weighted by Crippen LogP contribution is 2.09. The largest absolute Gasteiger partial charge is 0.457 e. The summed E-state index contributed by atoms with van der Waals surface area (Å²) >= 11 is 0. The minimum Gasteiger partial charge on any atom is -0.457 e. The van der Waals surface area contributed by atoms with Crippen molar-refractivity contribution in [1.29, 1.82) is 0 Å². The molecular weight excluding hydrogens is 256 g/mol. The Morgan fingerprint density at radius 1 is 0.850 bits per heavy atom. The van der Waals surface area contributed by atoms with Gasteiger partial charge in [-0.1, -0.05) is 37.4 Å². The lowest BCUT2D eigenvalue weighted by Gasteiger charge is -2.07. The first kappa shape index (κ1) is 15.7. The summed E-state index contributed by atoms with van der Waals surface area (Å²) in [6.45, 7) is 10.6. The molecule has 0 aliphatic carbocycles. The van der Waals surface area contributed by atoms with Gasteiger partial charge in [-0.3, -0.25) is 0 Å². The Morgan fingerprint density at radius 3 is 1.40 bits per heavy atom. The number of hydrogen-bond donors (Lipinski definition) is 0. The highest BCUT2D eigenvalue weighted by atomic mass is 16.5. The van der Waals surface area contributed by atoms with Crippen molar-refractivity contribution in [2.45, 2.75) is 27.1 Å². The van der Waals surface area contributed by atoms with E-state index in [2.05, 4.69) is 13.2 Å². The summed E-state index contributed by atoms with van der Waals surface area (Å²) in [5.41, 5.74) is 2.45. The molecule has 0 N–H and O–H groups in total. The van der Waals surface area contributed by atoms with Crippen molar-refractivity contribution < 1.29 is 19.1 Å². The van der Waals surface area contributed by atoms with Crippen LogP contribution in [-0.2, 0) is 32.3 Å². The summed E-state index contributed by atoms with van der Waals surface area (Å²) in [6.07, 6.45) is 0. The molecular formula is C16H18O4. The van der Waals surface area contributed by atoms with Crippen molar-refractivity contribution in [3.63, 3.8) is 0 Å². The van der Waals surface area contributed by atoms with Crippen LogP contribution in [0.25, 0.3) is 0 Å². The number of ether oxygens (including phenoxy) is 2. The summed E-state index contributed by atoms with van der Waals surface area (Å²) in [7, 11) is 0. The van der Waals surface area contributed by atoms with Crippen molar-refractivity contribution in [3.8, 4) is 0 Å². The van der Waals surface area contributed by atoms with Crippen LogP contribution >= 0.6 is 0 Å². The highest BCUT2D eigenvalue weighted by Gasteiger charge is 2.05. The minimum absolute atomic E-state index is 0.192. The standard InChI is InChI=1S/C16H18O4/c1-11(2)15(17)19-9-13-5-7-14(8-6-13)10-20-16(18)12(3)4/h5-8H,1,3,9-10H2,2,4H3. The molecule has 0 bridgehead atoms. The third kappa shape index (κ3) is 5.10. The molecule has 0 aliphatic rings. The van der Waals surface area contributed by atoms with Gasteiger partial charge in [-0.2, -0.15) is 0 Å². The monoisotopic (exact) mass is 274 g/mol. The van der Waals surface area contributed by atoms with E-state index >= 15 is 0 Å². The minimum atomic E-state index is -0.413. The van der Waals surface area contributed by atoms with Crippen LogP contribution in [0.1, 0.15) is 25.0 Å². The molecule has 1 rings (SSSR count). The molecule has 0 spiro atoms. The lowest BCUT2D eigenvalue weighted by Crippen LogP contribution is -2.06. The molecule has 0 amide bonds. The van der Waals surface area contributed by atoms with E-state index < -0.39 is 11.9 Å². The van der Waals surface area contributed by atoms with Crippen LogP contribution in [0.3, 0.4) is 0 Å². The average molecular weight is 274 g/mol. The normalized spacial score (nSPS) is 9.70. The maximum Gasteiger partial charge on any atom is 0.333 e. The molecule has 0 aromatic heterocycles.